The molecule has 2 saturated heterocycles. The molecule has 3 aliphatic rings. The second-order valence-corrected chi connectivity index (χ2v) is 8.71. The van der Waals surface area contributed by atoms with Gasteiger partial charge in [0.15, 0.2) is 0 Å². The Labute approximate surface area is 162 Å². The Morgan fingerprint density at radius 3 is 2.63 bits per heavy atom. The van der Waals surface area contributed by atoms with Crippen LogP contribution in [-0.4, -0.2) is 43.2 Å². The molecule has 148 valence electrons. The minimum absolute atomic E-state index is 0.00772. The maximum absolute atomic E-state index is 6.33. The quantitative estimate of drug-likeness (QED) is 0.529. The van der Waals surface area contributed by atoms with Crippen LogP contribution in [0.2, 0.25) is 0 Å². The highest BCUT2D eigenvalue weighted by Crippen LogP contribution is 2.59. The molecule has 2 heterocycles. The van der Waals surface area contributed by atoms with Crippen LogP contribution >= 0.6 is 0 Å². The van der Waals surface area contributed by atoms with Gasteiger partial charge in [0.2, 0.25) is 0 Å². The molecule has 0 bridgehead atoms. The molecule has 4 heteroatoms. The molecular formula is C23H32O4. The van der Waals surface area contributed by atoms with Crippen LogP contribution in [0.5, 0.6) is 0 Å². The van der Waals surface area contributed by atoms with Crippen LogP contribution in [0.1, 0.15) is 45.6 Å². The number of hydrogen-bond donors (Lipinski definition) is 0. The fourth-order valence-electron chi connectivity index (χ4n) is 4.90. The van der Waals surface area contributed by atoms with Crippen molar-refractivity contribution in [3.63, 3.8) is 0 Å². The van der Waals surface area contributed by atoms with Gasteiger partial charge in [-0.3, -0.25) is 0 Å². The summed E-state index contributed by atoms with van der Waals surface area (Å²) < 4.78 is 24.6. The van der Waals surface area contributed by atoms with E-state index >= 15 is 0 Å². The zero-order chi connectivity index (χ0) is 19.1. The fourth-order valence-corrected chi connectivity index (χ4v) is 4.90. The van der Waals surface area contributed by atoms with Gasteiger partial charge < -0.3 is 18.9 Å². The van der Waals surface area contributed by atoms with Gasteiger partial charge in [-0.2, -0.15) is 0 Å². The molecule has 1 aromatic rings. The van der Waals surface area contributed by atoms with Crippen molar-refractivity contribution in [2.45, 2.75) is 76.2 Å². The van der Waals surface area contributed by atoms with E-state index in [1.165, 1.54) is 11.1 Å². The minimum Gasteiger partial charge on any atom is -0.378 e. The minimum atomic E-state index is -0.197. The van der Waals surface area contributed by atoms with Crippen molar-refractivity contribution in [2.75, 3.05) is 13.7 Å². The van der Waals surface area contributed by atoms with Crippen molar-refractivity contribution in [2.24, 2.45) is 5.92 Å². The van der Waals surface area contributed by atoms with Gasteiger partial charge in [0, 0.05) is 7.11 Å². The van der Waals surface area contributed by atoms with Crippen molar-refractivity contribution in [1.82, 2.24) is 0 Å². The molecule has 2 aliphatic heterocycles. The van der Waals surface area contributed by atoms with Crippen LogP contribution in [-0.2, 0) is 25.6 Å². The summed E-state index contributed by atoms with van der Waals surface area (Å²) in [5, 5.41) is 0. The molecule has 4 rings (SSSR count). The third-order valence-electron chi connectivity index (χ3n) is 6.54. The van der Waals surface area contributed by atoms with Crippen molar-refractivity contribution in [3.8, 4) is 0 Å². The van der Waals surface area contributed by atoms with Crippen LogP contribution in [0, 0.1) is 5.92 Å². The van der Waals surface area contributed by atoms with Crippen molar-refractivity contribution in [1.29, 1.82) is 0 Å². The molecule has 4 nitrogen and oxygen atoms in total. The van der Waals surface area contributed by atoms with E-state index in [1.807, 2.05) is 6.07 Å². The second kappa shape index (κ2) is 7.32. The lowest BCUT2D eigenvalue weighted by Crippen LogP contribution is -2.55. The molecule has 1 saturated carbocycles. The zero-order valence-corrected chi connectivity index (χ0v) is 16.9. The summed E-state index contributed by atoms with van der Waals surface area (Å²) in [5.74, 6) is 0.208. The van der Waals surface area contributed by atoms with E-state index in [0.717, 1.165) is 25.9 Å². The lowest BCUT2D eigenvalue weighted by molar-refractivity contribution is -0.143. The Balaban J connectivity index is 1.48. The molecule has 0 amide bonds. The Kier molecular flexibility index (Phi) is 5.19. The molecule has 0 unspecified atom stereocenters. The first kappa shape index (κ1) is 19.1. The molecular weight excluding hydrogens is 340 g/mol. The Bertz CT molecular complexity index is 677. The van der Waals surface area contributed by atoms with Gasteiger partial charge in [-0.1, -0.05) is 42.0 Å². The smallest absolute Gasteiger partial charge is 0.101 e. The van der Waals surface area contributed by atoms with E-state index in [2.05, 4.69) is 51.1 Å². The zero-order valence-electron chi connectivity index (χ0n) is 16.9. The molecule has 0 radical (unpaired) electrons. The van der Waals surface area contributed by atoms with Gasteiger partial charge in [0.25, 0.3) is 0 Å². The number of benzene rings is 1. The summed E-state index contributed by atoms with van der Waals surface area (Å²) in [5.41, 5.74) is 2.25. The van der Waals surface area contributed by atoms with Gasteiger partial charge >= 0.3 is 0 Å². The number of methoxy groups -OCH3 is 1. The highest BCUT2D eigenvalue weighted by molar-refractivity contribution is 5.21. The van der Waals surface area contributed by atoms with Crippen LogP contribution in [0.25, 0.3) is 0 Å². The van der Waals surface area contributed by atoms with Crippen LogP contribution < -0.4 is 0 Å². The number of epoxide rings is 2. The van der Waals surface area contributed by atoms with E-state index in [-0.39, 0.29) is 35.4 Å². The molecule has 1 aliphatic carbocycles. The maximum Gasteiger partial charge on any atom is 0.101 e. The Hall–Kier alpha value is -1.20. The summed E-state index contributed by atoms with van der Waals surface area (Å²) in [7, 11) is 1.80. The van der Waals surface area contributed by atoms with Crippen molar-refractivity contribution >= 4 is 0 Å². The highest BCUT2D eigenvalue weighted by atomic mass is 16.6. The number of allylic oxidation sites excluding steroid dienone is 1. The van der Waals surface area contributed by atoms with E-state index in [1.54, 1.807) is 7.11 Å². The summed E-state index contributed by atoms with van der Waals surface area (Å²) in [6.07, 6.45) is 5.51. The average molecular weight is 373 g/mol. The Morgan fingerprint density at radius 2 is 2.00 bits per heavy atom. The molecule has 0 N–H and O–H groups in total. The van der Waals surface area contributed by atoms with E-state index in [0.29, 0.717) is 6.61 Å². The monoisotopic (exact) mass is 372 g/mol. The summed E-state index contributed by atoms with van der Waals surface area (Å²) in [4.78, 5) is 0. The first-order valence-electron chi connectivity index (χ1n) is 10.1. The van der Waals surface area contributed by atoms with E-state index in [4.69, 9.17) is 18.9 Å². The predicted octanol–water partition coefficient (Wildman–Crippen LogP) is 4.28. The average Bonchev–Trinajstić information content (AvgIpc) is 3.57. The Morgan fingerprint density at radius 1 is 1.26 bits per heavy atom. The van der Waals surface area contributed by atoms with Crippen molar-refractivity contribution in [3.05, 3.63) is 47.5 Å². The molecule has 1 spiro atoms. The van der Waals surface area contributed by atoms with Gasteiger partial charge in [0.05, 0.1) is 43.0 Å². The normalized spacial score (nSPS) is 40.0. The summed E-state index contributed by atoms with van der Waals surface area (Å²) in [6, 6.07) is 10.3. The van der Waals surface area contributed by atoms with Crippen molar-refractivity contribution < 1.29 is 18.9 Å². The fraction of sp³-hybridized carbons (Fsp3) is 0.652. The molecule has 0 aromatic heterocycles. The number of rotatable bonds is 7. The van der Waals surface area contributed by atoms with Crippen LogP contribution in [0.3, 0.4) is 0 Å². The first-order chi connectivity index (χ1) is 13.0. The molecule has 1 aromatic carbocycles. The highest BCUT2D eigenvalue weighted by Gasteiger charge is 2.71. The number of ether oxygens (including phenoxy) is 4. The topological polar surface area (TPSA) is 43.5 Å². The van der Waals surface area contributed by atoms with Crippen LogP contribution in [0.15, 0.2) is 42.0 Å². The van der Waals surface area contributed by atoms with Gasteiger partial charge in [0.1, 0.15) is 5.60 Å². The lowest BCUT2D eigenvalue weighted by atomic mass is 9.68. The lowest BCUT2D eigenvalue weighted by Gasteiger charge is -2.43. The maximum atomic E-state index is 6.33. The SMILES string of the molecule is CO[C@@H]1[C@H](OCc2ccccc2)CC[C@]2(CO2)[C@H]1[C@@]1(C)O[C@@H]1CC=C(C)C. The third kappa shape index (κ3) is 3.73. The third-order valence-corrected chi connectivity index (χ3v) is 6.54. The molecule has 3 fully saturated rings. The van der Waals surface area contributed by atoms with E-state index in [9.17, 15) is 0 Å². The largest absolute Gasteiger partial charge is 0.378 e. The van der Waals surface area contributed by atoms with Crippen LogP contribution in [0.4, 0.5) is 0 Å². The van der Waals surface area contributed by atoms with E-state index < -0.39 is 0 Å². The summed E-state index contributed by atoms with van der Waals surface area (Å²) >= 11 is 0. The van der Waals surface area contributed by atoms with Gasteiger partial charge in [-0.25, -0.2) is 0 Å². The molecule has 27 heavy (non-hydrogen) atoms. The second-order valence-electron chi connectivity index (χ2n) is 8.71. The van der Waals surface area contributed by atoms with Gasteiger partial charge in [-0.05, 0) is 45.6 Å². The number of hydrogen-bond acceptors (Lipinski definition) is 4. The molecule has 6 atom stereocenters. The predicted molar refractivity (Wildman–Crippen MR) is 105 cm³/mol. The van der Waals surface area contributed by atoms with Gasteiger partial charge in [-0.15, -0.1) is 0 Å². The standard InChI is InChI=1S/C23H32O4/c1-16(2)10-11-19-22(3,27-19)21-20(24-4)18(12-13-23(21)15-26-23)25-14-17-8-6-5-7-9-17/h5-10,18-21H,11-15H2,1-4H3/t18-,19-,20-,21-,22+,23+/m1/s1. The summed E-state index contributed by atoms with van der Waals surface area (Å²) in [6.45, 7) is 7.94. The first-order valence-corrected chi connectivity index (χ1v) is 10.1.